The molecule has 0 unspecified atom stereocenters. The number of aryl methyl sites for hydroxylation is 1. The van der Waals surface area contributed by atoms with Gasteiger partial charge in [0.2, 0.25) is 15.9 Å². The monoisotopic (exact) mass is 451 g/mol. The van der Waals surface area contributed by atoms with Crippen molar-refractivity contribution in [2.75, 3.05) is 15.8 Å². The third-order valence-electron chi connectivity index (χ3n) is 5.48. The van der Waals surface area contributed by atoms with E-state index in [2.05, 4.69) is 20.0 Å². The predicted molar refractivity (Wildman–Crippen MR) is 125 cm³/mol. The fraction of sp³-hybridized carbons (Fsp3) is 0.348. The van der Waals surface area contributed by atoms with Crippen LogP contribution in [-0.2, 0) is 21.2 Å². The summed E-state index contributed by atoms with van der Waals surface area (Å²) in [5.41, 5.74) is 4.01. The van der Waals surface area contributed by atoms with Gasteiger partial charge in [0.15, 0.2) is 0 Å². The first-order valence-electron chi connectivity index (χ1n) is 10.7. The molecule has 0 radical (unpaired) electrons. The molecule has 0 aliphatic heterocycles. The number of hydrogen-bond donors (Lipinski definition) is 3. The van der Waals surface area contributed by atoms with Crippen LogP contribution < -0.4 is 10.0 Å². The lowest BCUT2D eigenvalue weighted by molar-refractivity contribution is -0.117. The summed E-state index contributed by atoms with van der Waals surface area (Å²) < 4.78 is 27.2. The first-order chi connectivity index (χ1) is 15.4. The number of nitrogens with zero attached hydrogens (tertiary/aromatic N) is 2. The van der Waals surface area contributed by atoms with Crippen LogP contribution in [0.4, 0.5) is 11.5 Å². The Balaban J connectivity index is 1.66. The third kappa shape index (κ3) is 4.92. The molecule has 166 valence electrons. The van der Waals surface area contributed by atoms with E-state index in [1.54, 1.807) is 6.07 Å². The van der Waals surface area contributed by atoms with Crippen LogP contribution in [0.5, 0.6) is 0 Å². The molecule has 1 fully saturated rings. The van der Waals surface area contributed by atoms with Crippen LogP contribution in [0.25, 0.3) is 22.2 Å². The van der Waals surface area contributed by atoms with E-state index in [9.17, 15) is 13.2 Å². The minimum Gasteiger partial charge on any atom is -0.346 e. The predicted octanol–water partition coefficient (Wildman–Crippen LogP) is 4.19. The molecule has 0 bridgehead atoms. The number of aromatic amines is 1. The van der Waals surface area contributed by atoms with Crippen molar-refractivity contribution in [1.82, 2.24) is 9.97 Å². The standard InChI is InChI=1S/C23H25N5O3S/c1-2-15-13-17(28-32(30,31)12-4-3-10-24)7-8-18(15)20-14-21(27-23(29)16-5-6-16)26-22-19(20)9-11-25-22/h7-9,11,13-14,16,28H,2-6,12H2,1H3,(H2,25,26,27,29). The Morgan fingerprint density at radius 1 is 1.25 bits per heavy atom. The summed E-state index contributed by atoms with van der Waals surface area (Å²) in [5, 5.41) is 12.5. The Kier molecular flexibility index (Phi) is 6.15. The minimum absolute atomic E-state index is 0.00813. The lowest BCUT2D eigenvalue weighted by Gasteiger charge is -2.14. The number of aromatic nitrogens is 2. The normalized spacial score (nSPS) is 13.6. The fourth-order valence-corrected chi connectivity index (χ4v) is 4.80. The number of fused-ring (bicyclic) bond motifs is 1. The summed E-state index contributed by atoms with van der Waals surface area (Å²) in [6, 6.07) is 11.2. The Morgan fingerprint density at radius 2 is 2.06 bits per heavy atom. The second-order valence-electron chi connectivity index (χ2n) is 7.97. The number of unbranched alkanes of at least 4 members (excludes halogenated alkanes) is 1. The fourth-order valence-electron chi connectivity index (χ4n) is 3.68. The lowest BCUT2D eigenvalue weighted by atomic mass is 9.96. The largest absolute Gasteiger partial charge is 0.346 e. The maximum atomic E-state index is 12.3. The molecule has 1 aliphatic carbocycles. The van der Waals surface area contributed by atoms with Crippen LogP contribution in [-0.4, -0.2) is 30.0 Å². The van der Waals surface area contributed by atoms with E-state index in [1.165, 1.54) is 0 Å². The smallest absolute Gasteiger partial charge is 0.232 e. The second kappa shape index (κ2) is 9.01. The zero-order valence-electron chi connectivity index (χ0n) is 17.8. The maximum absolute atomic E-state index is 12.3. The van der Waals surface area contributed by atoms with E-state index >= 15 is 0 Å². The van der Waals surface area contributed by atoms with Crippen LogP contribution in [0, 0.1) is 17.2 Å². The van der Waals surface area contributed by atoms with Crippen molar-refractivity contribution in [3.8, 4) is 17.2 Å². The van der Waals surface area contributed by atoms with Crippen LogP contribution >= 0.6 is 0 Å². The highest BCUT2D eigenvalue weighted by atomic mass is 32.2. The van der Waals surface area contributed by atoms with E-state index in [-0.39, 0.29) is 24.0 Å². The van der Waals surface area contributed by atoms with E-state index in [0.717, 1.165) is 34.9 Å². The Bertz CT molecular complexity index is 1300. The highest BCUT2D eigenvalue weighted by Gasteiger charge is 2.30. The van der Waals surface area contributed by atoms with Gasteiger partial charge in [0.25, 0.3) is 0 Å². The van der Waals surface area contributed by atoms with Gasteiger partial charge in [-0.15, -0.1) is 0 Å². The summed E-state index contributed by atoms with van der Waals surface area (Å²) >= 11 is 0. The summed E-state index contributed by atoms with van der Waals surface area (Å²) in [4.78, 5) is 19.9. The summed E-state index contributed by atoms with van der Waals surface area (Å²) in [7, 11) is -3.52. The molecule has 0 atom stereocenters. The highest BCUT2D eigenvalue weighted by Crippen LogP contribution is 2.35. The number of pyridine rings is 1. The number of carbonyl (C=O) groups excluding carboxylic acids is 1. The van der Waals surface area contributed by atoms with Gasteiger partial charge in [-0.3, -0.25) is 9.52 Å². The van der Waals surface area contributed by atoms with Gasteiger partial charge < -0.3 is 10.3 Å². The van der Waals surface area contributed by atoms with Gasteiger partial charge in [-0.2, -0.15) is 5.26 Å². The summed E-state index contributed by atoms with van der Waals surface area (Å²) in [6.07, 6.45) is 4.83. The van der Waals surface area contributed by atoms with Crippen molar-refractivity contribution < 1.29 is 13.2 Å². The Morgan fingerprint density at radius 3 is 2.78 bits per heavy atom. The molecule has 9 heteroatoms. The molecule has 0 saturated heterocycles. The van der Waals surface area contributed by atoms with Gasteiger partial charge >= 0.3 is 0 Å². The summed E-state index contributed by atoms with van der Waals surface area (Å²) in [6.45, 7) is 2.01. The van der Waals surface area contributed by atoms with Crippen molar-refractivity contribution in [1.29, 1.82) is 5.26 Å². The summed E-state index contributed by atoms with van der Waals surface area (Å²) in [5.74, 6) is 0.468. The van der Waals surface area contributed by atoms with Crippen molar-refractivity contribution >= 4 is 38.5 Å². The molecule has 1 aromatic carbocycles. The first kappa shape index (κ1) is 21.8. The molecule has 2 aromatic heterocycles. The number of carbonyl (C=O) groups is 1. The van der Waals surface area contributed by atoms with Crippen LogP contribution in [0.15, 0.2) is 36.5 Å². The SMILES string of the molecule is CCc1cc(NS(=O)(=O)CCCC#N)ccc1-c1cc(NC(=O)C2CC2)nc2[nH]ccc12. The van der Waals surface area contributed by atoms with E-state index in [0.29, 0.717) is 30.0 Å². The molecule has 3 N–H and O–H groups in total. The van der Waals surface area contributed by atoms with Crippen molar-refractivity contribution in [3.05, 3.63) is 42.1 Å². The van der Waals surface area contributed by atoms with E-state index < -0.39 is 10.0 Å². The van der Waals surface area contributed by atoms with Crippen LogP contribution in [0.3, 0.4) is 0 Å². The molecule has 2 heterocycles. The zero-order valence-corrected chi connectivity index (χ0v) is 18.6. The number of hydrogen-bond acceptors (Lipinski definition) is 5. The second-order valence-corrected chi connectivity index (χ2v) is 9.81. The molecule has 1 saturated carbocycles. The number of nitrogens with one attached hydrogen (secondary N) is 3. The number of anilines is 2. The first-order valence-corrected chi connectivity index (χ1v) is 12.3. The molecule has 8 nitrogen and oxygen atoms in total. The highest BCUT2D eigenvalue weighted by molar-refractivity contribution is 7.92. The quantitative estimate of drug-likeness (QED) is 0.420. The number of nitriles is 1. The van der Waals surface area contributed by atoms with E-state index in [4.69, 9.17) is 5.26 Å². The number of rotatable bonds is 9. The Labute approximate surface area is 187 Å². The lowest BCUT2D eigenvalue weighted by Crippen LogP contribution is -2.16. The molecular weight excluding hydrogens is 426 g/mol. The van der Waals surface area contributed by atoms with Gasteiger partial charge in [0.1, 0.15) is 11.5 Å². The molecule has 32 heavy (non-hydrogen) atoms. The third-order valence-corrected chi connectivity index (χ3v) is 6.85. The molecule has 0 spiro atoms. The van der Waals surface area contributed by atoms with Gasteiger partial charge in [-0.1, -0.05) is 13.0 Å². The number of sulfonamides is 1. The number of amides is 1. The van der Waals surface area contributed by atoms with Crippen molar-refractivity contribution in [3.63, 3.8) is 0 Å². The topological polar surface area (TPSA) is 128 Å². The zero-order chi connectivity index (χ0) is 22.7. The average molecular weight is 452 g/mol. The van der Waals surface area contributed by atoms with Crippen LogP contribution in [0.2, 0.25) is 0 Å². The average Bonchev–Trinajstić information content (AvgIpc) is 3.51. The van der Waals surface area contributed by atoms with Gasteiger partial charge in [-0.25, -0.2) is 13.4 Å². The van der Waals surface area contributed by atoms with Gasteiger partial charge in [0, 0.05) is 29.6 Å². The Hall–Kier alpha value is -3.38. The van der Waals surface area contributed by atoms with Crippen LogP contribution in [0.1, 0.15) is 38.2 Å². The molecule has 4 rings (SSSR count). The van der Waals surface area contributed by atoms with Gasteiger partial charge in [0.05, 0.1) is 11.8 Å². The molecule has 3 aromatic rings. The molecule has 1 aliphatic rings. The number of H-pyrrole nitrogens is 1. The minimum atomic E-state index is -3.52. The van der Waals surface area contributed by atoms with Gasteiger partial charge in [-0.05, 0) is 66.6 Å². The van der Waals surface area contributed by atoms with Crippen molar-refractivity contribution in [2.45, 2.75) is 39.0 Å². The molecular formula is C23H25N5O3S. The maximum Gasteiger partial charge on any atom is 0.232 e. The number of benzene rings is 1. The molecule has 1 amide bonds. The van der Waals surface area contributed by atoms with E-state index in [1.807, 2.05) is 43.5 Å². The van der Waals surface area contributed by atoms with Crippen molar-refractivity contribution in [2.24, 2.45) is 5.92 Å².